The lowest BCUT2D eigenvalue weighted by atomic mass is 9.48. The van der Waals surface area contributed by atoms with E-state index in [2.05, 4.69) is 187 Å². The third-order valence-corrected chi connectivity index (χ3v) is 23.2. The number of benzene rings is 6. The molecule has 21 heteroatoms. The smallest absolute Gasteiger partial charge is 0.396 e. The summed E-state index contributed by atoms with van der Waals surface area (Å²) in [5.74, 6) is -5.19. The second kappa shape index (κ2) is 26.0. The van der Waals surface area contributed by atoms with Crippen molar-refractivity contribution in [2.24, 2.45) is 40.4 Å². The molecule has 8 aliphatic rings. The summed E-state index contributed by atoms with van der Waals surface area (Å²) in [5, 5.41) is 0.185. The van der Waals surface area contributed by atoms with Crippen LogP contribution >= 0.6 is 0 Å². The molecule has 2 atom stereocenters. The predicted octanol–water partition coefficient (Wildman–Crippen LogP) is 13.5. The van der Waals surface area contributed by atoms with Crippen LogP contribution in [0.15, 0.2) is 211 Å². The third kappa shape index (κ3) is 14.8. The van der Waals surface area contributed by atoms with Gasteiger partial charge in [0.1, 0.15) is 0 Å². The van der Waals surface area contributed by atoms with Crippen LogP contribution in [-0.2, 0) is 61.1 Å². The molecule has 0 aliphatic heterocycles. The zero-order valence-corrected chi connectivity index (χ0v) is 49.5. The zero-order chi connectivity index (χ0) is 60.9. The summed E-state index contributed by atoms with van der Waals surface area (Å²) in [4.78, 5) is 32.8. The highest BCUT2D eigenvalue weighted by atomic mass is 32.2. The number of hydrogen-bond donors (Lipinski definition) is 1. The molecular weight excluding hydrogens is 1190 g/mol. The van der Waals surface area contributed by atoms with E-state index in [0.29, 0.717) is 62.7 Å². The number of ether oxygens (including phenoxy) is 2. The first kappa shape index (κ1) is 63.8. The van der Waals surface area contributed by atoms with Crippen LogP contribution in [0.3, 0.4) is 0 Å². The highest BCUT2D eigenvalue weighted by molar-refractivity contribution is 7.97. The molecule has 8 aliphatic carbocycles. The van der Waals surface area contributed by atoms with Gasteiger partial charge in [0.05, 0.1) is 51.2 Å². The number of halogens is 6. The molecule has 2 unspecified atom stereocenters. The Balaban J connectivity index is 0.000000137. The molecule has 0 heterocycles. The second-order valence-corrected chi connectivity index (χ2v) is 30.4. The largest absolute Gasteiger partial charge is 0.743 e. The fourth-order valence-corrected chi connectivity index (χ4v) is 19.0. The van der Waals surface area contributed by atoms with Crippen molar-refractivity contribution in [1.29, 1.82) is 0 Å². The van der Waals surface area contributed by atoms with E-state index in [-0.39, 0.29) is 40.0 Å². The van der Waals surface area contributed by atoms with E-state index in [4.69, 9.17) is 4.74 Å². The van der Waals surface area contributed by atoms with E-state index in [1.165, 1.54) is 29.4 Å². The van der Waals surface area contributed by atoms with Crippen molar-refractivity contribution in [3.63, 3.8) is 0 Å². The van der Waals surface area contributed by atoms with Crippen molar-refractivity contribution < 1.29 is 76.5 Å². The molecule has 0 radical (unpaired) electrons. The van der Waals surface area contributed by atoms with Gasteiger partial charge in [0.25, 0.3) is 0 Å². The molecule has 85 heavy (non-hydrogen) atoms. The zero-order valence-electron chi connectivity index (χ0n) is 46.2. The van der Waals surface area contributed by atoms with Gasteiger partial charge in [-0.05, 0) is 179 Å². The molecule has 0 saturated heterocycles. The molecule has 1 N–H and O–H groups in total. The summed E-state index contributed by atoms with van der Waals surface area (Å²) in [5.41, 5.74) is -2.74. The molecule has 0 aromatic heterocycles. The summed E-state index contributed by atoms with van der Waals surface area (Å²) in [6.07, 6.45) is 6.42. The Hall–Kier alpha value is -5.68. The van der Waals surface area contributed by atoms with E-state index >= 15 is 0 Å². The summed E-state index contributed by atoms with van der Waals surface area (Å²) in [6.45, 7) is -2.83. The van der Waals surface area contributed by atoms with Gasteiger partial charge in [-0.3, -0.25) is 9.59 Å². The Bertz CT molecular complexity index is 3070. The van der Waals surface area contributed by atoms with Crippen molar-refractivity contribution >= 4 is 54.0 Å². The van der Waals surface area contributed by atoms with Crippen molar-refractivity contribution in [1.82, 2.24) is 0 Å². The van der Waals surface area contributed by atoms with E-state index in [0.717, 1.165) is 25.7 Å². The number of carbonyl (C=O) groups is 2. The van der Waals surface area contributed by atoms with Crippen LogP contribution < -0.4 is 0 Å². The first-order chi connectivity index (χ1) is 40.2. The van der Waals surface area contributed by atoms with Gasteiger partial charge in [-0.15, -0.1) is 0 Å². The summed E-state index contributed by atoms with van der Waals surface area (Å²) in [6, 6.07) is 64.3. The summed E-state index contributed by atoms with van der Waals surface area (Å²) in [7, 11) is -12.4. The highest BCUT2D eigenvalue weighted by Gasteiger charge is 2.63. The molecule has 8 saturated carbocycles. The van der Waals surface area contributed by atoms with Crippen LogP contribution in [0.5, 0.6) is 0 Å². The highest BCUT2D eigenvalue weighted by Crippen LogP contribution is 2.63. The molecular formula is C64H66F6O11S4. The van der Waals surface area contributed by atoms with Gasteiger partial charge in [0, 0.05) is 0 Å². The predicted molar refractivity (Wildman–Crippen MR) is 306 cm³/mol. The Morgan fingerprint density at radius 1 is 0.459 bits per heavy atom. The van der Waals surface area contributed by atoms with Gasteiger partial charge in [0.15, 0.2) is 56.2 Å². The number of esters is 2. The van der Waals surface area contributed by atoms with Crippen molar-refractivity contribution in [3.05, 3.63) is 182 Å². The van der Waals surface area contributed by atoms with Gasteiger partial charge >= 0.3 is 28.4 Å². The number of alkyl halides is 6. The van der Waals surface area contributed by atoms with Gasteiger partial charge in [-0.2, -0.15) is 26.3 Å². The molecule has 0 spiro atoms. The van der Waals surface area contributed by atoms with Crippen molar-refractivity contribution in [3.8, 4) is 0 Å². The van der Waals surface area contributed by atoms with E-state index in [1.54, 1.807) is 0 Å². The number of aliphatic hydroxyl groups is 1. The first-order valence-corrected chi connectivity index (χ1v) is 33.4. The average Bonchev–Trinajstić information content (AvgIpc) is 2.65. The lowest BCUT2D eigenvalue weighted by Crippen LogP contribution is -2.58. The van der Waals surface area contributed by atoms with Gasteiger partial charge in [-0.1, -0.05) is 109 Å². The maximum atomic E-state index is 13.4. The second-order valence-electron chi connectivity index (χ2n) is 23.4. The minimum Gasteiger partial charge on any atom is -0.743 e. The Labute approximate surface area is 498 Å². The molecule has 14 rings (SSSR count). The van der Waals surface area contributed by atoms with E-state index in [9.17, 15) is 67.0 Å². The molecule has 6 aromatic carbocycles. The van der Waals surface area contributed by atoms with Crippen molar-refractivity contribution in [2.75, 3.05) is 13.2 Å². The van der Waals surface area contributed by atoms with Crippen LogP contribution in [0, 0.1) is 40.4 Å². The maximum Gasteiger partial charge on any atom is 0.396 e. The van der Waals surface area contributed by atoms with Gasteiger partial charge < -0.3 is 23.7 Å². The quantitative estimate of drug-likeness (QED) is 0.0420. The van der Waals surface area contributed by atoms with Crippen LogP contribution in [0.2, 0.25) is 0 Å². The first-order valence-electron chi connectivity index (χ1n) is 28.1. The van der Waals surface area contributed by atoms with Crippen LogP contribution in [0.4, 0.5) is 26.3 Å². The van der Waals surface area contributed by atoms with Crippen LogP contribution in [0.25, 0.3) is 0 Å². The number of hydrogen-bond acceptors (Lipinski definition) is 11. The van der Waals surface area contributed by atoms with E-state index < -0.39 is 84.7 Å². The third-order valence-electron chi connectivity index (χ3n) is 16.9. The summed E-state index contributed by atoms with van der Waals surface area (Å²) < 4.78 is 151. The number of rotatable bonds is 16. The molecule has 6 aromatic rings. The Morgan fingerprint density at radius 3 is 1.05 bits per heavy atom. The SMILES string of the molecule is O=C(OCC(F)(F)S(=O)(=O)[O-])C12CC3CC(CC(C3)C1)C2.O=C(OCCC(F)(F)C(F)(F)S(=O)(=O)[O-])C12CC3CC(CC(O)(C3)C1)C2.c1ccc([S+](c2ccccc2)c2ccccc2)cc1.c1ccc([S+](c2ccccc2)c2ccccc2)cc1. The molecule has 0 amide bonds. The van der Waals surface area contributed by atoms with Gasteiger partial charge in [-0.25, -0.2) is 16.8 Å². The van der Waals surface area contributed by atoms with Gasteiger partial charge in [0.2, 0.25) is 0 Å². The lowest BCUT2D eigenvalue weighted by molar-refractivity contribution is -0.201. The van der Waals surface area contributed by atoms with E-state index in [1.807, 2.05) is 0 Å². The minimum absolute atomic E-state index is 0.0146. The normalized spacial score (nSPS) is 25.6. The topological polar surface area (TPSA) is 187 Å². The Kier molecular flexibility index (Phi) is 19.5. The Morgan fingerprint density at radius 2 is 0.753 bits per heavy atom. The average molecular weight is 1250 g/mol. The van der Waals surface area contributed by atoms with Crippen LogP contribution in [-0.4, -0.2) is 78.2 Å². The maximum absolute atomic E-state index is 13.4. The summed E-state index contributed by atoms with van der Waals surface area (Å²) >= 11 is 0. The molecule has 8 bridgehead atoms. The molecule has 8 fully saturated rings. The lowest BCUT2D eigenvalue weighted by Gasteiger charge is -2.58. The molecule has 454 valence electrons. The van der Waals surface area contributed by atoms with Crippen LogP contribution in [0.1, 0.15) is 83.5 Å². The minimum atomic E-state index is -6.56. The van der Waals surface area contributed by atoms with Crippen molar-refractivity contribution in [2.45, 2.75) is 135 Å². The standard InChI is InChI=1S/2C18H15S.C15H20F4O6S.C13H18F2O5S/c2*1-4-10-16(11-5-1)19(17-12-6-2-7-13-17)18-14-8-3-9-15-18;16-14(17,15(18,19)26(22,23)24)1-2-25-11(20)12-4-9-3-10(5-12)7-13(21,6-9)8-12;14-13(15,21(17,18)19)7-20-11(16)12-4-8-1-9(5-12)3-10(2-8)6-12/h2*1-15H;9-10,21H,1-8H2,(H,22,23,24);8-10H,1-7H2,(H,17,18,19)/q2*+1;;/p-2. The monoisotopic (exact) mass is 1250 g/mol. The fraction of sp³-hybridized carbons (Fsp3) is 0.406. The molecule has 11 nitrogen and oxygen atoms in total. The number of carbonyl (C=O) groups excluding carboxylic acids is 2. The fourth-order valence-electron chi connectivity index (χ4n) is 14.1.